The maximum Gasteiger partial charge on any atom is 0.201 e. The highest BCUT2D eigenvalue weighted by atomic mass is 127. The molecule has 0 unspecified atom stereocenters. The lowest BCUT2D eigenvalue weighted by molar-refractivity contribution is 0.838. The zero-order chi connectivity index (χ0) is 13.4. The Balaban J connectivity index is 2.07. The van der Waals surface area contributed by atoms with Crippen molar-refractivity contribution >= 4 is 55.5 Å². The Kier molecular flexibility index (Phi) is 3.49. The van der Waals surface area contributed by atoms with Gasteiger partial charge >= 0.3 is 0 Å². The van der Waals surface area contributed by atoms with E-state index in [0.717, 1.165) is 25.6 Å². The summed E-state index contributed by atoms with van der Waals surface area (Å²) in [4.78, 5) is 4.42. The highest BCUT2D eigenvalue weighted by molar-refractivity contribution is 14.1. The summed E-state index contributed by atoms with van der Waals surface area (Å²) in [6, 6.07) is 14.4. The van der Waals surface area contributed by atoms with Gasteiger partial charge in [-0.25, -0.2) is 4.98 Å². The molecule has 0 saturated heterocycles. The van der Waals surface area contributed by atoms with Crippen LogP contribution in [0.15, 0.2) is 46.9 Å². The zero-order valence-electron chi connectivity index (χ0n) is 9.98. The van der Waals surface area contributed by atoms with E-state index in [-0.39, 0.29) is 0 Å². The smallest absolute Gasteiger partial charge is 0.201 e. The van der Waals surface area contributed by atoms with Crippen molar-refractivity contribution in [3.8, 4) is 0 Å². The molecule has 1 heterocycles. The number of halogens is 2. The number of hydrogen-bond acceptors (Lipinski definition) is 2. The Morgan fingerprint density at radius 2 is 2.05 bits per heavy atom. The number of imidazole rings is 1. The first kappa shape index (κ1) is 12.9. The van der Waals surface area contributed by atoms with Crippen LogP contribution in [0.5, 0.6) is 0 Å². The molecule has 0 atom stereocenters. The minimum absolute atomic E-state index is 0.553. The van der Waals surface area contributed by atoms with Gasteiger partial charge in [0.1, 0.15) is 0 Å². The average Bonchev–Trinajstić information content (AvgIpc) is 2.65. The Morgan fingerprint density at radius 3 is 2.84 bits per heavy atom. The Morgan fingerprint density at radius 1 is 1.21 bits per heavy atom. The van der Waals surface area contributed by atoms with Gasteiger partial charge in [-0.3, -0.25) is 0 Å². The van der Waals surface area contributed by atoms with Crippen LogP contribution in [-0.4, -0.2) is 9.55 Å². The molecule has 0 spiro atoms. The van der Waals surface area contributed by atoms with Crippen LogP contribution in [0.25, 0.3) is 11.0 Å². The number of nitrogens with zero attached hydrogens (tertiary/aromatic N) is 2. The molecule has 0 saturated carbocycles. The fraction of sp³-hybridized carbons (Fsp3) is 0.0714. The SMILES string of the molecule is Nc1nc2cc(I)ccc2n1Cc1cccc(Br)c1. The maximum atomic E-state index is 6.03. The number of benzene rings is 2. The second-order valence-electron chi connectivity index (χ2n) is 4.32. The van der Waals surface area contributed by atoms with E-state index < -0.39 is 0 Å². The predicted octanol–water partition coefficient (Wildman–Crippen LogP) is 4.03. The minimum Gasteiger partial charge on any atom is -0.369 e. The summed E-state index contributed by atoms with van der Waals surface area (Å²) in [6.07, 6.45) is 0. The molecule has 96 valence electrons. The Labute approximate surface area is 133 Å². The molecule has 0 amide bonds. The predicted molar refractivity (Wildman–Crippen MR) is 90.1 cm³/mol. The number of fused-ring (bicyclic) bond motifs is 1. The van der Waals surface area contributed by atoms with Crippen molar-refractivity contribution in [1.29, 1.82) is 0 Å². The Hall–Kier alpha value is -1.08. The third kappa shape index (κ3) is 2.62. The van der Waals surface area contributed by atoms with Gasteiger partial charge in [-0.2, -0.15) is 0 Å². The van der Waals surface area contributed by atoms with Crippen LogP contribution in [-0.2, 0) is 6.54 Å². The van der Waals surface area contributed by atoms with Crippen molar-refractivity contribution in [2.24, 2.45) is 0 Å². The average molecular weight is 428 g/mol. The van der Waals surface area contributed by atoms with E-state index >= 15 is 0 Å². The van der Waals surface area contributed by atoms with Gasteiger partial charge in [0.05, 0.1) is 17.6 Å². The van der Waals surface area contributed by atoms with E-state index in [4.69, 9.17) is 5.73 Å². The largest absolute Gasteiger partial charge is 0.369 e. The molecule has 2 N–H and O–H groups in total. The van der Waals surface area contributed by atoms with E-state index in [1.54, 1.807) is 0 Å². The van der Waals surface area contributed by atoms with Crippen molar-refractivity contribution in [1.82, 2.24) is 9.55 Å². The quantitative estimate of drug-likeness (QED) is 0.627. The molecule has 3 aromatic rings. The van der Waals surface area contributed by atoms with Crippen molar-refractivity contribution < 1.29 is 0 Å². The number of anilines is 1. The summed E-state index contributed by atoms with van der Waals surface area (Å²) in [7, 11) is 0. The molecule has 19 heavy (non-hydrogen) atoms. The molecule has 5 heteroatoms. The van der Waals surface area contributed by atoms with Crippen LogP contribution >= 0.6 is 38.5 Å². The van der Waals surface area contributed by atoms with Crippen molar-refractivity contribution in [2.75, 3.05) is 5.73 Å². The number of rotatable bonds is 2. The van der Waals surface area contributed by atoms with Gasteiger partial charge in [0.2, 0.25) is 5.95 Å². The summed E-state index contributed by atoms with van der Waals surface area (Å²) in [6.45, 7) is 0.725. The highest BCUT2D eigenvalue weighted by Gasteiger charge is 2.08. The molecule has 0 fully saturated rings. The van der Waals surface area contributed by atoms with Crippen molar-refractivity contribution in [3.05, 3.63) is 56.1 Å². The first-order valence-electron chi connectivity index (χ1n) is 5.79. The number of hydrogen-bond donors (Lipinski definition) is 1. The third-order valence-corrected chi connectivity index (χ3v) is 4.13. The van der Waals surface area contributed by atoms with Crippen LogP contribution < -0.4 is 5.73 Å². The number of nitrogen functional groups attached to an aromatic ring is 1. The zero-order valence-corrected chi connectivity index (χ0v) is 13.7. The fourth-order valence-corrected chi connectivity index (χ4v) is 3.03. The van der Waals surface area contributed by atoms with Gasteiger partial charge in [-0.05, 0) is 58.5 Å². The van der Waals surface area contributed by atoms with Crippen LogP contribution in [0.2, 0.25) is 0 Å². The topological polar surface area (TPSA) is 43.8 Å². The minimum atomic E-state index is 0.553. The maximum absolute atomic E-state index is 6.03. The summed E-state index contributed by atoms with van der Waals surface area (Å²) >= 11 is 5.77. The summed E-state index contributed by atoms with van der Waals surface area (Å²) in [5.74, 6) is 0.553. The van der Waals surface area contributed by atoms with Gasteiger partial charge in [0.15, 0.2) is 0 Å². The molecule has 0 radical (unpaired) electrons. The van der Waals surface area contributed by atoms with Crippen LogP contribution in [0, 0.1) is 3.57 Å². The fourth-order valence-electron chi connectivity index (χ4n) is 2.11. The molecule has 1 aromatic heterocycles. The van der Waals surface area contributed by atoms with E-state index in [1.807, 2.05) is 22.8 Å². The lowest BCUT2D eigenvalue weighted by Crippen LogP contribution is -2.04. The van der Waals surface area contributed by atoms with Crippen molar-refractivity contribution in [2.45, 2.75) is 6.54 Å². The molecule has 0 aliphatic heterocycles. The molecule has 2 aromatic carbocycles. The number of nitrogens with two attached hydrogens (primary N) is 1. The monoisotopic (exact) mass is 427 g/mol. The van der Waals surface area contributed by atoms with Crippen LogP contribution in [0.3, 0.4) is 0 Å². The Bertz CT molecular complexity index is 752. The van der Waals surface area contributed by atoms with Gasteiger partial charge in [-0.1, -0.05) is 28.1 Å². The lowest BCUT2D eigenvalue weighted by atomic mass is 10.2. The number of aromatic nitrogens is 2. The summed E-state index contributed by atoms with van der Waals surface area (Å²) in [5.41, 5.74) is 9.23. The normalized spacial score (nSPS) is 11.1. The molecule has 0 aliphatic rings. The van der Waals surface area contributed by atoms with E-state index in [9.17, 15) is 0 Å². The van der Waals surface area contributed by atoms with E-state index in [1.165, 1.54) is 5.56 Å². The summed E-state index contributed by atoms with van der Waals surface area (Å²) in [5, 5.41) is 0. The first-order valence-corrected chi connectivity index (χ1v) is 7.66. The molecule has 0 aliphatic carbocycles. The molecular formula is C14H11BrIN3. The molecule has 3 rings (SSSR count). The first-order chi connectivity index (χ1) is 9.13. The molecule has 0 bridgehead atoms. The van der Waals surface area contributed by atoms with Crippen molar-refractivity contribution in [3.63, 3.8) is 0 Å². The molecular weight excluding hydrogens is 417 g/mol. The van der Waals surface area contributed by atoms with Gasteiger partial charge in [0.25, 0.3) is 0 Å². The summed E-state index contributed by atoms with van der Waals surface area (Å²) < 4.78 is 4.27. The van der Waals surface area contributed by atoms with E-state index in [2.05, 4.69) is 67.8 Å². The highest BCUT2D eigenvalue weighted by Crippen LogP contribution is 2.22. The second-order valence-corrected chi connectivity index (χ2v) is 6.48. The second kappa shape index (κ2) is 5.13. The molecule has 3 nitrogen and oxygen atoms in total. The van der Waals surface area contributed by atoms with Crippen LogP contribution in [0.4, 0.5) is 5.95 Å². The lowest BCUT2D eigenvalue weighted by Gasteiger charge is -2.07. The van der Waals surface area contributed by atoms with Gasteiger partial charge in [-0.15, -0.1) is 0 Å². The third-order valence-electron chi connectivity index (χ3n) is 2.97. The van der Waals surface area contributed by atoms with Gasteiger partial charge in [0, 0.05) is 8.04 Å². The standard InChI is InChI=1S/C14H11BrIN3/c15-10-3-1-2-9(6-10)8-19-13-5-4-11(16)7-12(13)18-14(19)17/h1-7H,8H2,(H2,17,18). The van der Waals surface area contributed by atoms with E-state index in [0.29, 0.717) is 5.95 Å². The van der Waals surface area contributed by atoms with Gasteiger partial charge < -0.3 is 10.3 Å². The van der Waals surface area contributed by atoms with Crippen LogP contribution in [0.1, 0.15) is 5.56 Å².